The number of pyridine rings is 1. The van der Waals surface area contributed by atoms with Crippen LogP contribution in [0.15, 0.2) is 48.7 Å². The van der Waals surface area contributed by atoms with Crippen LogP contribution in [0.3, 0.4) is 0 Å². The van der Waals surface area contributed by atoms with Gasteiger partial charge in [-0.3, -0.25) is 9.59 Å². The second kappa shape index (κ2) is 8.32. The fourth-order valence-corrected chi connectivity index (χ4v) is 3.09. The summed E-state index contributed by atoms with van der Waals surface area (Å²) in [7, 11) is 0. The number of hydrogen-bond acceptors (Lipinski definition) is 5. The van der Waals surface area contributed by atoms with E-state index in [2.05, 4.69) is 16.0 Å². The first-order valence-corrected chi connectivity index (χ1v) is 8.80. The maximum Gasteiger partial charge on any atom is 0.242 e. The normalized spacial score (nSPS) is 13.8. The zero-order valence-corrected chi connectivity index (χ0v) is 15.2. The van der Waals surface area contributed by atoms with Crippen LogP contribution in [-0.2, 0) is 9.59 Å². The van der Waals surface area contributed by atoms with E-state index in [4.69, 9.17) is 5.26 Å². The minimum absolute atomic E-state index is 0.0339. The zero-order valence-electron chi connectivity index (χ0n) is 15.2. The largest absolute Gasteiger partial charge is 0.353 e. The van der Waals surface area contributed by atoms with Gasteiger partial charge in [0.15, 0.2) is 0 Å². The SMILES string of the molecule is CC(=O)N(CC(=O)N1CCN(c2ccccn2)CC1)c1cccc(C#N)c1. The van der Waals surface area contributed by atoms with Gasteiger partial charge in [-0.1, -0.05) is 12.1 Å². The molecule has 1 saturated heterocycles. The average molecular weight is 363 g/mol. The van der Waals surface area contributed by atoms with Gasteiger partial charge in [0.2, 0.25) is 11.8 Å². The number of rotatable bonds is 4. The molecule has 0 N–H and O–H groups in total. The Hall–Kier alpha value is -3.40. The molecule has 7 nitrogen and oxygen atoms in total. The van der Waals surface area contributed by atoms with E-state index >= 15 is 0 Å². The second-order valence-corrected chi connectivity index (χ2v) is 6.32. The summed E-state index contributed by atoms with van der Waals surface area (Å²) in [5.74, 6) is 0.571. The first-order valence-electron chi connectivity index (χ1n) is 8.80. The number of nitrogens with zero attached hydrogens (tertiary/aromatic N) is 5. The lowest BCUT2D eigenvalue weighted by atomic mass is 10.2. The number of benzene rings is 1. The Bertz CT molecular complexity index is 854. The van der Waals surface area contributed by atoms with Gasteiger partial charge in [0.25, 0.3) is 0 Å². The molecule has 0 spiro atoms. The molecule has 138 valence electrons. The van der Waals surface area contributed by atoms with Crippen molar-refractivity contribution in [1.82, 2.24) is 9.88 Å². The molecular weight excluding hydrogens is 342 g/mol. The molecule has 0 bridgehead atoms. The molecule has 1 aromatic heterocycles. The Morgan fingerprint density at radius 2 is 1.93 bits per heavy atom. The number of amides is 2. The predicted molar refractivity (Wildman–Crippen MR) is 102 cm³/mol. The smallest absolute Gasteiger partial charge is 0.242 e. The summed E-state index contributed by atoms with van der Waals surface area (Å²) < 4.78 is 0. The van der Waals surface area contributed by atoms with Gasteiger partial charge in [-0.15, -0.1) is 0 Å². The zero-order chi connectivity index (χ0) is 19.2. The van der Waals surface area contributed by atoms with Crippen LogP contribution < -0.4 is 9.80 Å². The van der Waals surface area contributed by atoms with Crippen molar-refractivity contribution in [3.8, 4) is 6.07 Å². The van der Waals surface area contributed by atoms with E-state index in [1.54, 1.807) is 35.4 Å². The fraction of sp³-hybridized carbons (Fsp3) is 0.300. The molecule has 2 heterocycles. The molecule has 0 saturated carbocycles. The van der Waals surface area contributed by atoms with Crippen molar-refractivity contribution in [3.63, 3.8) is 0 Å². The molecular formula is C20H21N5O2. The molecule has 7 heteroatoms. The van der Waals surface area contributed by atoms with Gasteiger partial charge in [0, 0.05) is 45.0 Å². The maximum atomic E-state index is 12.7. The number of carbonyl (C=O) groups is 2. The van der Waals surface area contributed by atoms with Crippen LogP contribution in [0, 0.1) is 11.3 Å². The summed E-state index contributed by atoms with van der Waals surface area (Å²) in [6.45, 7) is 3.96. The molecule has 0 radical (unpaired) electrons. The minimum Gasteiger partial charge on any atom is -0.353 e. The Labute approximate surface area is 158 Å². The van der Waals surface area contributed by atoms with Crippen molar-refractivity contribution < 1.29 is 9.59 Å². The summed E-state index contributed by atoms with van der Waals surface area (Å²) in [5, 5.41) is 9.05. The highest BCUT2D eigenvalue weighted by molar-refractivity contribution is 5.97. The van der Waals surface area contributed by atoms with Crippen LogP contribution in [-0.4, -0.2) is 54.4 Å². The molecule has 1 aliphatic heterocycles. The Morgan fingerprint density at radius 1 is 1.15 bits per heavy atom. The molecule has 0 unspecified atom stereocenters. The van der Waals surface area contributed by atoms with Crippen LogP contribution in [0.1, 0.15) is 12.5 Å². The number of anilines is 2. The Balaban J connectivity index is 1.63. The summed E-state index contributed by atoms with van der Waals surface area (Å²) in [4.78, 5) is 34.4. The van der Waals surface area contributed by atoms with Crippen LogP contribution in [0.2, 0.25) is 0 Å². The Kier molecular flexibility index (Phi) is 5.67. The maximum absolute atomic E-state index is 12.7. The number of hydrogen-bond donors (Lipinski definition) is 0. The number of carbonyl (C=O) groups excluding carboxylic acids is 2. The number of nitriles is 1. The standard InChI is InChI=1S/C20H21N5O2/c1-16(26)25(18-6-4-5-17(13-18)14-21)15-20(27)24-11-9-23(10-12-24)19-7-2-3-8-22-19/h2-8,13H,9-12,15H2,1H3. The van der Waals surface area contributed by atoms with Gasteiger partial charge >= 0.3 is 0 Å². The third-order valence-corrected chi connectivity index (χ3v) is 4.57. The molecule has 2 amide bonds. The van der Waals surface area contributed by atoms with E-state index < -0.39 is 0 Å². The fourth-order valence-electron chi connectivity index (χ4n) is 3.09. The van der Waals surface area contributed by atoms with E-state index in [1.165, 1.54) is 11.8 Å². The Morgan fingerprint density at radius 3 is 2.56 bits per heavy atom. The van der Waals surface area contributed by atoms with E-state index in [-0.39, 0.29) is 18.4 Å². The number of aromatic nitrogens is 1. The first kappa shape index (κ1) is 18.4. The molecule has 27 heavy (non-hydrogen) atoms. The topological polar surface area (TPSA) is 80.5 Å². The van der Waals surface area contributed by atoms with Gasteiger partial charge < -0.3 is 14.7 Å². The van der Waals surface area contributed by atoms with Gasteiger partial charge in [-0.2, -0.15) is 5.26 Å². The molecule has 1 aromatic carbocycles. The summed E-state index contributed by atoms with van der Waals surface area (Å²) in [6.07, 6.45) is 1.76. The lowest BCUT2D eigenvalue weighted by Crippen LogP contribution is -2.52. The molecule has 2 aromatic rings. The summed E-state index contributed by atoms with van der Waals surface area (Å²) in [5.41, 5.74) is 1.01. The third-order valence-electron chi connectivity index (χ3n) is 4.57. The molecule has 0 atom stereocenters. The summed E-state index contributed by atoms with van der Waals surface area (Å²) in [6, 6.07) is 14.6. The average Bonchev–Trinajstić information content (AvgIpc) is 2.72. The van der Waals surface area contributed by atoms with E-state index in [0.717, 1.165) is 5.82 Å². The van der Waals surface area contributed by atoms with E-state index in [9.17, 15) is 9.59 Å². The van der Waals surface area contributed by atoms with Gasteiger partial charge in [0.05, 0.1) is 11.6 Å². The monoisotopic (exact) mass is 363 g/mol. The molecule has 0 aliphatic carbocycles. The predicted octanol–water partition coefficient (Wildman–Crippen LogP) is 1.65. The van der Waals surface area contributed by atoms with Gasteiger partial charge in [-0.25, -0.2) is 4.98 Å². The van der Waals surface area contributed by atoms with Crippen molar-refractivity contribution in [3.05, 3.63) is 54.2 Å². The first-order chi connectivity index (χ1) is 13.1. The van der Waals surface area contributed by atoms with Crippen LogP contribution >= 0.6 is 0 Å². The minimum atomic E-state index is -0.231. The molecule has 3 rings (SSSR count). The second-order valence-electron chi connectivity index (χ2n) is 6.32. The van der Waals surface area contributed by atoms with Crippen molar-refractivity contribution in [2.24, 2.45) is 0 Å². The van der Waals surface area contributed by atoms with Crippen molar-refractivity contribution >= 4 is 23.3 Å². The van der Waals surface area contributed by atoms with Crippen LogP contribution in [0.4, 0.5) is 11.5 Å². The van der Waals surface area contributed by atoms with Crippen LogP contribution in [0.25, 0.3) is 0 Å². The van der Waals surface area contributed by atoms with E-state index in [1.807, 2.05) is 18.2 Å². The highest BCUT2D eigenvalue weighted by Crippen LogP contribution is 2.17. The number of piperazine rings is 1. The quantitative estimate of drug-likeness (QED) is 0.825. The highest BCUT2D eigenvalue weighted by Gasteiger charge is 2.24. The van der Waals surface area contributed by atoms with Crippen molar-refractivity contribution in [2.45, 2.75) is 6.92 Å². The lowest BCUT2D eigenvalue weighted by molar-refractivity contribution is -0.131. The van der Waals surface area contributed by atoms with E-state index in [0.29, 0.717) is 37.4 Å². The molecule has 1 aliphatic rings. The van der Waals surface area contributed by atoms with Crippen LogP contribution in [0.5, 0.6) is 0 Å². The lowest BCUT2D eigenvalue weighted by Gasteiger charge is -2.36. The molecule has 1 fully saturated rings. The van der Waals surface area contributed by atoms with Gasteiger partial charge in [-0.05, 0) is 30.3 Å². The van der Waals surface area contributed by atoms with Crippen molar-refractivity contribution in [2.75, 3.05) is 42.5 Å². The van der Waals surface area contributed by atoms with Gasteiger partial charge in [0.1, 0.15) is 12.4 Å². The summed E-state index contributed by atoms with van der Waals surface area (Å²) >= 11 is 0. The highest BCUT2D eigenvalue weighted by atomic mass is 16.2. The van der Waals surface area contributed by atoms with Crippen molar-refractivity contribution in [1.29, 1.82) is 5.26 Å². The third kappa shape index (κ3) is 4.42.